The molecular weight excluding hydrogens is 524 g/mol. The van der Waals surface area contributed by atoms with Crippen molar-refractivity contribution in [1.82, 2.24) is 0 Å². The summed E-state index contributed by atoms with van der Waals surface area (Å²) in [4.78, 5) is 0. The molecule has 0 N–H and O–H groups in total. The summed E-state index contributed by atoms with van der Waals surface area (Å²) in [7, 11) is 0. The molecule has 0 bridgehead atoms. The van der Waals surface area contributed by atoms with Gasteiger partial charge in [-0.15, -0.1) is 0 Å². The Morgan fingerprint density at radius 2 is 1.27 bits per heavy atom. The minimum absolute atomic E-state index is 0. The average molecular weight is 534 g/mol. The summed E-state index contributed by atoms with van der Waals surface area (Å²) in [6.45, 7) is 0. The van der Waals surface area contributed by atoms with Gasteiger partial charge in [0.05, 0.1) is 0 Å². The normalized spacial score (nSPS) is 8.53. The molecule has 2 heteroatoms. The van der Waals surface area contributed by atoms with Crippen molar-refractivity contribution in [3.8, 4) is 0 Å². The van der Waals surface area contributed by atoms with Crippen molar-refractivity contribution in [2.45, 2.75) is 6.42 Å². The molecule has 0 saturated heterocycles. The molecule has 0 aliphatic rings. The van der Waals surface area contributed by atoms with E-state index in [-0.39, 0.29) is 42.1 Å². The van der Waals surface area contributed by atoms with E-state index in [1.165, 1.54) is 11.1 Å². The van der Waals surface area contributed by atoms with Gasteiger partial charge in [-0.3, -0.25) is 0 Å². The summed E-state index contributed by atoms with van der Waals surface area (Å²) in [6.07, 6.45) is 0.918. The van der Waals surface area contributed by atoms with Crippen LogP contribution in [0.15, 0.2) is 48.5 Å². The van der Waals surface area contributed by atoms with Gasteiger partial charge in [0.1, 0.15) is 0 Å². The molecule has 0 spiro atoms. The minimum atomic E-state index is 0. The standard InChI is InChI=1S/C13H10.2W/c1-3-7-12(8-4-1)11-13-9-5-2-6-10-13;;/h1-7,9H,11H2;;/q-2;;+2. The third-order valence-electron chi connectivity index (χ3n) is 1.93. The molecule has 0 nitrogen and oxygen atoms in total. The van der Waals surface area contributed by atoms with Crippen LogP contribution in [-0.4, -0.2) is 0 Å². The summed E-state index contributed by atoms with van der Waals surface area (Å²) in [5.74, 6) is 0. The van der Waals surface area contributed by atoms with Crippen LogP contribution < -0.4 is 0 Å². The minimum Gasteiger partial charge on any atom is -0.180 e. The molecule has 0 saturated carbocycles. The Bertz CT molecular complexity index is 319. The molecule has 0 aromatic heterocycles. The molecular formula is C13H10W2. The summed E-state index contributed by atoms with van der Waals surface area (Å²) in [5.41, 5.74) is 2.43. The van der Waals surface area contributed by atoms with E-state index in [0.717, 1.165) is 6.42 Å². The van der Waals surface area contributed by atoms with Crippen molar-refractivity contribution in [1.29, 1.82) is 0 Å². The zero-order valence-electron chi connectivity index (χ0n) is 8.14. The second-order valence-electron chi connectivity index (χ2n) is 2.95. The average Bonchev–Trinajstić information content (AvgIpc) is 2.21. The quantitative estimate of drug-likeness (QED) is 0.521. The van der Waals surface area contributed by atoms with Crippen molar-refractivity contribution in [2.75, 3.05) is 0 Å². The predicted octanol–water partition coefficient (Wildman–Crippen LogP) is 2.87. The Morgan fingerprint density at radius 3 is 1.60 bits per heavy atom. The van der Waals surface area contributed by atoms with Gasteiger partial charge in [0.25, 0.3) is 0 Å². The fourth-order valence-electron chi connectivity index (χ4n) is 1.29. The molecule has 74 valence electrons. The van der Waals surface area contributed by atoms with Crippen molar-refractivity contribution in [3.63, 3.8) is 0 Å². The first-order valence-electron chi connectivity index (χ1n) is 4.36. The van der Waals surface area contributed by atoms with Gasteiger partial charge in [0.15, 0.2) is 0 Å². The third-order valence-corrected chi connectivity index (χ3v) is 1.93. The van der Waals surface area contributed by atoms with Crippen LogP contribution in [0.3, 0.4) is 0 Å². The Labute approximate surface area is 120 Å². The predicted molar refractivity (Wildman–Crippen MR) is 53.4 cm³/mol. The summed E-state index contributed by atoms with van der Waals surface area (Å²) >= 11 is 0. The molecule has 15 heavy (non-hydrogen) atoms. The molecule has 2 rings (SSSR count). The van der Waals surface area contributed by atoms with E-state index in [4.69, 9.17) is 0 Å². The van der Waals surface area contributed by atoms with Crippen molar-refractivity contribution < 1.29 is 42.1 Å². The molecule has 2 aromatic rings. The van der Waals surface area contributed by atoms with Crippen molar-refractivity contribution in [2.24, 2.45) is 0 Å². The van der Waals surface area contributed by atoms with Crippen molar-refractivity contribution in [3.05, 3.63) is 71.8 Å². The van der Waals surface area contributed by atoms with E-state index in [9.17, 15) is 0 Å². The third kappa shape index (κ3) is 4.91. The first-order chi connectivity index (χ1) is 6.45. The van der Waals surface area contributed by atoms with Gasteiger partial charge in [0, 0.05) is 21.1 Å². The monoisotopic (exact) mass is 534 g/mol. The zero-order valence-corrected chi connectivity index (χ0v) is 14.0. The maximum atomic E-state index is 3.20. The molecule has 0 heterocycles. The largest absolute Gasteiger partial charge is 2.00 e. The van der Waals surface area contributed by atoms with Gasteiger partial charge < -0.3 is 0 Å². The first-order valence-corrected chi connectivity index (χ1v) is 4.36. The molecule has 0 aliphatic heterocycles. The van der Waals surface area contributed by atoms with Gasteiger partial charge in [-0.05, 0) is 6.42 Å². The van der Waals surface area contributed by atoms with Crippen LogP contribution in [0.5, 0.6) is 0 Å². The Kier molecular flexibility index (Phi) is 7.93. The SMILES string of the molecule is [W+2].[W].[c-]1ccccc1Cc1[c-]cccc1. The van der Waals surface area contributed by atoms with Crippen LogP contribution >= 0.6 is 0 Å². The molecule has 0 aliphatic carbocycles. The number of benzene rings is 2. The van der Waals surface area contributed by atoms with Gasteiger partial charge in [-0.2, -0.15) is 71.8 Å². The summed E-state index contributed by atoms with van der Waals surface area (Å²) in [6, 6.07) is 22.5. The molecule has 0 unspecified atom stereocenters. The number of hydrogen-bond donors (Lipinski definition) is 0. The molecule has 0 amide bonds. The molecule has 2 aromatic carbocycles. The fourth-order valence-corrected chi connectivity index (χ4v) is 1.29. The number of rotatable bonds is 2. The molecule has 0 radical (unpaired) electrons. The smallest absolute Gasteiger partial charge is 0.180 e. The summed E-state index contributed by atoms with van der Waals surface area (Å²) < 4.78 is 0. The van der Waals surface area contributed by atoms with E-state index >= 15 is 0 Å². The van der Waals surface area contributed by atoms with Crippen LogP contribution in [0.25, 0.3) is 0 Å². The van der Waals surface area contributed by atoms with E-state index < -0.39 is 0 Å². The van der Waals surface area contributed by atoms with Crippen LogP contribution in [-0.2, 0) is 48.6 Å². The Morgan fingerprint density at radius 1 is 0.800 bits per heavy atom. The van der Waals surface area contributed by atoms with Crippen LogP contribution in [0.1, 0.15) is 11.1 Å². The maximum Gasteiger partial charge on any atom is 2.00 e. The Balaban J connectivity index is 0.000000980. The van der Waals surface area contributed by atoms with Crippen molar-refractivity contribution >= 4 is 0 Å². The summed E-state index contributed by atoms with van der Waals surface area (Å²) in [5, 5.41) is 0. The van der Waals surface area contributed by atoms with E-state index in [1.807, 2.05) is 36.4 Å². The van der Waals surface area contributed by atoms with E-state index in [1.54, 1.807) is 0 Å². The second kappa shape index (κ2) is 8.03. The fraction of sp³-hybridized carbons (Fsp3) is 0.0769. The van der Waals surface area contributed by atoms with Gasteiger partial charge in [0.2, 0.25) is 0 Å². The van der Waals surface area contributed by atoms with Gasteiger partial charge in [-0.1, -0.05) is 0 Å². The Hall–Kier alpha value is -0.183. The topological polar surface area (TPSA) is 0 Å². The molecule has 0 atom stereocenters. The van der Waals surface area contributed by atoms with E-state index in [2.05, 4.69) is 24.3 Å². The molecule has 0 fully saturated rings. The number of hydrogen-bond acceptors (Lipinski definition) is 0. The van der Waals surface area contributed by atoms with Crippen LogP contribution in [0, 0.1) is 12.1 Å². The second-order valence-corrected chi connectivity index (χ2v) is 2.95. The van der Waals surface area contributed by atoms with Crippen LogP contribution in [0.4, 0.5) is 0 Å². The zero-order chi connectivity index (χ0) is 8.93. The van der Waals surface area contributed by atoms with Crippen LogP contribution in [0.2, 0.25) is 0 Å². The van der Waals surface area contributed by atoms with Gasteiger partial charge >= 0.3 is 21.1 Å². The first kappa shape index (κ1) is 14.8. The van der Waals surface area contributed by atoms with Gasteiger partial charge in [-0.25, -0.2) is 0 Å². The maximum absolute atomic E-state index is 3.20. The van der Waals surface area contributed by atoms with E-state index in [0.29, 0.717) is 0 Å².